The number of phosphoric ester groups is 1. The molecule has 0 saturated carbocycles. The van der Waals surface area contributed by atoms with Gasteiger partial charge in [0.1, 0.15) is 6.10 Å². The first-order valence-electron chi connectivity index (χ1n) is 20.0. The van der Waals surface area contributed by atoms with Crippen molar-refractivity contribution in [1.82, 2.24) is 0 Å². The van der Waals surface area contributed by atoms with Crippen LogP contribution in [0.2, 0.25) is 0 Å². The van der Waals surface area contributed by atoms with Crippen molar-refractivity contribution in [3.8, 4) is 0 Å². The Labute approximate surface area is 328 Å². The standard InChI is InChI=1S/C45H72NO7P/c1-3-5-7-9-11-13-15-17-19-21-22-23-24-26-28-30-32-34-36-38-45(47)53-44(43-52-54(48,49)51-41-39-46)42-50-40-37-35-33-31-29-27-25-20-18-16-14-12-10-8-6-4-2/h5-8,11-14,17-20,22-23,26-29,33,35,44H,3-4,9-10,15-16,21,24-25,30-32,34,36-43,46H2,1-2H3,(H,48,49)/b7-5-,8-6-,13-11-,14-12-,19-17-,20-18-,23-22-,28-26-,29-27-,35-33-. The average Bonchev–Trinajstić information content (AvgIpc) is 3.16. The quantitative estimate of drug-likeness (QED) is 0.0280. The number of rotatable bonds is 36. The number of ether oxygens (including phenoxy) is 2. The summed E-state index contributed by atoms with van der Waals surface area (Å²) in [5, 5.41) is 0. The highest BCUT2D eigenvalue weighted by atomic mass is 31.2. The Kier molecular flexibility index (Phi) is 38.7. The molecule has 2 atom stereocenters. The van der Waals surface area contributed by atoms with Crippen LogP contribution in [0.5, 0.6) is 0 Å². The van der Waals surface area contributed by atoms with E-state index in [0.29, 0.717) is 19.4 Å². The molecule has 0 amide bonds. The van der Waals surface area contributed by atoms with Crippen molar-refractivity contribution >= 4 is 13.8 Å². The summed E-state index contributed by atoms with van der Waals surface area (Å²) in [7, 11) is -4.31. The zero-order chi connectivity index (χ0) is 39.5. The third-order valence-corrected chi connectivity index (χ3v) is 8.38. The van der Waals surface area contributed by atoms with Crippen molar-refractivity contribution in [2.75, 3.05) is 33.0 Å². The summed E-state index contributed by atoms with van der Waals surface area (Å²) < 4.78 is 33.2. The molecule has 0 heterocycles. The van der Waals surface area contributed by atoms with Crippen LogP contribution in [0.4, 0.5) is 0 Å². The van der Waals surface area contributed by atoms with Gasteiger partial charge in [0, 0.05) is 13.0 Å². The molecule has 0 aromatic carbocycles. The number of hydrogen-bond donors (Lipinski definition) is 2. The molecule has 0 aliphatic heterocycles. The molecule has 0 rings (SSSR count). The van der Waals surface area contributed by atoms with Crippen LogP contribution >= 0.6 is 7.82 Å². The number of esters is 1. The van der Waals surface area contributed by atoms with Crippen LogP contribution in [0.3, 0.4) is 0 Å². The summed E-state index contributed by atoms with van der Waals surface area (Å²) in [5.74, 6) is -0.393. The van der Waals surface area contributed by atoms with Gasteiger partial charge >= 0.3 is 13.8 Å². The Balaban J connectivity index is 4.30. The molecule has 0 aromatic rings. The molecule has 0 saturated heterocycles. The topological polar surface area (TPSA) is 117 Å². The number of hydrogen-bond acceptors (Lipinski definition) is 7. The van der Waals surface area contributed by atoms with E-state index in [1.54, 1.807) is 0 Å². The fourth-order valence-corrected chi connectivity index (χ4v) is 5.32. The first-order valence-corrected chi connectivity index (χ1v) is 21.5. The van der Waals surface area contributed by atoms with E-state index in [0.717, 1.165) is 83.5 Å². The summed E-state index contributed by atoms with van der Waals surface area (Å²) in [6.45, 7) is 4.36. The lowest BCUT2D eigenvalue weighted by molar-refractivity contribution is -0.154. The van der Waals surface area contributed by atoms with E-state index >= 15 is 0 Å². The number of unbranched alkanes of at least 4 members (excludes halogenated alkanes) is 3. The highest BCUT2D eigenvalue weighted by Crippen LogP contribution is 2.43. The number of carbonyl (C=O) groups excluding carboxylic acids is 1. The second-order valence-corrected chi connectivity index (χ2v) is 13.8. The van der Waals surface area contributed by atoms with E-state index in [4.69, 9.17) is 24.3 Å². The van der Waals surface area contributed by atoms with Crippen molar-refractivity contribution < 1.29 is 32.8 Å². The molecule has 0 fully saturated rings. The highest BCUT2D eigenvalue weighted by Gasteiger charge is 2.25. The Morgan fingerprint density at radius 2 is 0.981 bits per heavy atom. The fourth-order valence-electron chi connectivity index (χ4n) is 4.56. The predicted octanol–water partition coefficient (Wildman–Crippen LogP) is 11.9. The van der Waals surface area contributed by atoms with Gasteiger partial charge in [-0.3, -0.25) is 13.8 Å². The van der Waals surface area contributed by atoms with Gasteiger partial charge in [-0.2, -0.15) is 0 Å². The second-order valence-electron chi connectivity index (χ2n) is 12.4. The summed E-state index contributed by atoms with van der Waals surface area (Å²) >= 11 is 0. The smallest absolute Gasteiger partial charge is 0.457 e. The molecule has 304 valence electrons. The first kappa shape index (κ1) is 50.9. The molecular weight excluding hydrogens is 697 g/mol. The van der Waals surface area contributed by atoms with E-state index in [2.05, 4.69) is 129 Å². The summed E-state index contributed by atoms with van der Waals surface area (Å²) in [4.78, 5) is 22.4. The van der Waals surface area contributed by atoms with Gasteiger partial charge in [-0.15, -0.1) is 0 Å². The van der Waals surface area contributed by atoms with Crippen LogP contribution < -0.4 is 5.73 Å². The van der Waals surface area contributed by atoms with Crippen molar-refractivity contribution in [3.05, 3.63) is 122 Å². The Morgan fingerprint density at radius 1 is 0.556 bits per heavy atom. The fraction of sp³-hybridized carbons (Fsp3) is 0.533. The van der Waals surface area contributed by atoms with Gasteiger partial charge < -0.3 is 20.1 Å². The van der Waals surface area contributed by atoms with E-state index < -0.39 is 19.9 Å². The van der Waals surface area contributed by atoms with E-state index in [1.165, 1.54) is 0 Å². The molecule has 0 aromatic heterocycles. The maximum absolute atomic E-state index is 12.6. The minimum atomic E-state index is -4.31. The summed E-state index contributed by atoms with van der Waals surface area (Å²) in [5.41, 5.74) is 5.35. The van der Waals surface area contributed by atoms with Crippen molar-refractivity contribution in [2.45, 2.75) is 123 Å². The number of nitrogens with two attached hydrogens (primary N) is 1. The average molecular weight is 770 g/mol. The van der Waals surface area contributed by atoms with E-state index in [9.17, 15) is 14.3 Å². The molecular formula is C45H72NO7P. The van der Waals surface area contributed by atoms with Crippen LogP contribution in [0.15, 0.2) is 122 Å². The molecule has 54 heavy (non-hydrogen) atoms. The van der Waals surface area contributed by atoms with Gasteiger partial charge in [-0.05, 0) is 89.9 Å². The van der Waals surface area contributed by atoms with Crippen LogP contribution in [0, 0.1) is 0 Å². The largest absolute Gasteiger partial charge is 0.472 e. The molecule has 0 aliphatic carbocycles. The van der Waals surface area contributed by atoms with Crippen LogP contribution in [-0.4, -0.2) is 49.9 Å². The van der Waals surface area contributed by atoms with Gasteiger partial charge in [0.15, 0.2) is 0 Å². The van der Waals surface area contributed by atoms with Gasteiger partial charge in [0.2, 0.25) is 0 Å². The summed E-state index contributed by atoms with van der Waals surface area (Å²) in [6.07, 6.45) is 56.7. The van der Waals surface area contributed by atoms with Crippen molar-refractivity contribution in [3.63, 3.8) is 0 Å². The lowest BCUT2D eigenvalue weighted by atomic mass is 10.1. The molecule has 0 radical (unpaired) electrons. The van der Waals surface area contributed by atoms with Gasteiger partial charge in [-0.1, -0.05) is 142 Å². The number of allylic oxidation sites excluding steroid dienone is 19. The van der Waals surface area contributed by atoms with Crippen molar-refractivity contribution in [1.29, 1.82) is 0 Å². The third kappa shape index (κ3) is 40.1. The normalized spacial score (nSPS) is 14.8. The minimum absolute atomic E-state index is 0.0391. The molecule has 0 bridgehead atoms. The lowest BCUT2D eigenvalue weighted by Crippen LogP contribution is -2.28. The maximum atomic E-state index is 12.6. The van der Waals surface area contributed by atoms with Gasteiger partial charge in [0.05, 0.1) is 26.4 Å². The van der Waals surface area contributed by atoms with Crippen LogP contribution in [0.1, 0.15) is 117 Å². The molecule has 0 spiro atoms. The third-order valence-electron chi connectivity index (χ3n) is 7.39. The first-order chi connectivity index (χ1) is 26.4. The molecule has 9 heteroatoms. The Bertz CT molecular complexity index is 1230. The monoisotopic (exact) mass is 770 g/mol. The molecule has 2 unspecified atom stereocenters. The van der Waals surface area contributed by atoms with Gasteiger partial charge in [-0.25, -0.2) is 4.57 Å². The number of phosphoric acid groups is 1. The predicted molar refractivity (Wildman–Crippen MR) is 228 cm³/mol. The lowest BCUT2D eigenvalue weighted by Gasteiger charge is -2.19. The molecule has 0 aliphatic rings. The van der Waals surface area contributed by atoms with E-state index in [-0.39, 0.29) is 32.8 Å². The SMILES string of the molecule is CC/C=C\C/C=C\C/C=C\C/C=C\C/C=C\CCCCCC(=O)OC(COCC/C=C\C/C=C\C/C=C\C/C=C\C/C=C\CC)COP(=O)(O)OCCN. The Morgan fingerprint density at radius 3 is 1.43 bits per heavy atom. The van der Waals surface area contributed by atoms with Crippen LogP contribution in [0.25, 0.3) is 0 Å². The van der Waals surface area contributed by atoms with Crippen molar-refractivity contribution in [2.24, 2.45) is 5.73 Å². The second kappa shape index (κ2) is 41.1. The van der Waals surface area contributed by atoms with Crippen LogP contribution in [-0.2, 0) is 27.9 Å². The maximum Gasteiger partial charge on any atom is 0.472 e. The zero-order valence-corrected chi connectivity index (χ0v) is 34.3. The van der Waals surface area contributed by atoms with E-state index in [1.807, 2.05) is 6.08 Å². The Hall–Kier alpha value is -3.10. The van der Waals surface area contributed by atoms with Gasteiger partial charge in [0.25, 0.3) is 0 Å². The minimum Gasteiger partial charge on any atom is -0.457 e. The highest BCUT2D eigenvalue weighted by molar-refractivity contribution is 7.47. The molecule has 3 N–H and O–H groups in total. The zero-order valence-electron chi connectivity index (χ0n) is 33.4. The molecule has 8 nitrogen and oxygen atoms in total. The summed E-state index contributed by atoms with van der Waals surface area (Å²) in [6, 6.07) is 0. The number of carbonyl (C=O) groups is 1.